The molecule has 8 nitrogen and oxygen atoms in total. The van der Waals surface area contributed by atoms with Crippen LogP contribution in [0.2, 0.25) is 0 Å². The van der Waals surface area contributed by atoms with Gasteiger partial charge >= 0.3 is 17.9 Å². The largest absolute Gasteiger partial charge is 0.508 e. The van der Waals surface area contributed by atoms with Gasteiger partial charge in [0, 0.05) is 18.9 Å². The number of rotatable bonds is 12. The van der Waals surface area contributed by atoms with Crippen molar-refractivity contribution in [3.8, 4) is 17.2 Å². The van der Waals surface area contributed by atoms with E-state index in [2.05, 4.69) is 6.58 Å². The van der Waals surface area contributed by atoms with Gasteiger partial charge in [0.1, 0.15) is 17.2 Å². The van der Waals surface area contributed by atoms with Crippen LogP contribution in [-0.2, 0) is 20.7 Å². The maximum atomic E-state index is 12.3. The zero-order chi connectivity index (χ0) is 25.8. The standard InChI is InChI=1S/C28H26O8/c1-2-26(30)34-18-3-17-33-24-14-8-21(9-15-24)27(31)35-19-16-20-4-12-25(13-5-20)36-28(32)22-6-10-23(29)11-7-22/h2,4-15,29H,1,3,16-19H2. The van der Waals surface area contributed by atoms with Crippen LogP contribution < -0.4 is 9.47 Å². The van der Waals surface area contributed by atoms with Crippen LogP contribution in [0.15, 0.2) is 85.5 Å². The Morgan fingerprint density at radius 2 is 1.33 bits per heavy atom. The minimum atomic E-state index is -0.526. The third-order valence-electron chi connectivity index (χ3n) is 4.92. The third-order valence-corrected chi connectivity index (χ3v) is 4.92. The van der Waals surface area contributed by atoms with Gasteiger partial charge in [-0.1, -0.05) is 18.7 Å². The van der Waals surface area contributed by atoms with Crippen molar-refractivity contribution in [2.75, 3.05) is 19.8 Å². The van der Waals surface area contributed by atoms with Gasteiger partial charge in [-0.2, -0.15) is 0 Å². The van der Waals surface area contributed by atoms with Crippen LogP contribution in [-0.4, -0.2) is 42.8 Å². The molecule has 3 aromatic carbocycles. The number of ether oxygens (including phenoxy) is 4. The topological polar surface area (TPSA) is 108 Å². The van der Waals surface area contributed by atoms with Gasteiger partial charge in [-0.15, -0.1) is 0 Å². The SMILES string of the molecule is C=CC(=O)OCCCOc1ccc(C(=O)OCCc2ccc(OC(=O)c3ccc(O)cc3)cc2)cc1. The summed E-state index contributed by atoms with van der Waals surface area (Å²) in [6.07, 6.45) is 2.13. The van der Waals surface area contributed by atoms with Gasteiger partial charge < -0.3 is 24.1 Å². The molecule has 0 unspecified atom stereocenters. The number of carbonyl (C=O) groups is 3. The van der Waals surface area contributed by atoms with Crippen molar-refractivity contribution in [1.82, 2.24) is 0 Å². The molecule has 0 aliphatic heterocycles. The van der Waals surface area contributed by atoms with E-state index in [9.17, 15) is 19.5 Å². The van der Waals surface area contributed by atoms with Gasteiger partial charge in [-0.05, 0) is 66.2 Å². The number of hydrogen-bond donors (Lipinski definition) is 1. The Labute approximate surface area is 208 Å². The molecule has 0 saturated carbocycles. The molecule has 0 aliphatic carbocycles. The second-order valence-corrected chi connectivity index (χ2v) is 7.56. The first kappa shape index (κ1) is 26.0. The Hall–Kier alpha value is -4.59. The van der Waals surface area contributed by atoms with E-state index in [0.29, 0.717) is 42.1 Å². The molecule has 3 aromatic rings. The monoisotopic (exact) mass is 490 g/mol. The van der Waals surface area contributed by atoms with Gasteiger partial charge in [0.05, 0.1) is 30.9 Å². The number of hydrogen-bond acceptors (Lipinski definition) is 8. The first-order valence-corrected chi connectivity index (χ1v) is 11.2. The quantitative estimate of drug-likeness (QED) is 0.171. The summed E-state index contributed by atoms with van der Waals surface area (Å²) < 4.78 is 21.1. The first-order valence-electron chi connectivity index (χ1n) is 11.2. The van der Waals surface area contributed by atoms with Gasteiger partial charge in [0.2, 0.25) is 0 Å². The Morgan fingerprint density at radius 3 is 2.00 bits per heavy atom. The molecule has 1 N–H and O–H groups in total. The number of esters is 3. The van der Waals surface area contributed by atoms with Crippen molar-refractivity contribution >= 4 is 17.9 Å². The van der Waals surface area contributed by atoms with Crippen LogP contribution in [0.1, 0.15) is 32.7 Å². The van der Waals surface area contributed by atoms with E-state index in [-0.39, 0.29) is 19.0 Å². The Bertz CT molecular complexity index is 1170. The van der Waals surface area contributed by atoms with Crippen molar-refractivity contribution in [3.63, 3.8) is 0 Å². The second kappa shape index (κ2) is 13.3. The number of phenols is 1. The highest BCUT2D eigenvalue weighted by Gasteiger charge is 2.10. The van der Waals surface area contributed by atoms with Crippen molar-refractivity contribution < 1.29 is 38.4 Å². The maximum absolute atomic E-state index is 12.3. The van der Waals surface area contributed by atoms with Crippen LogP contribution >= 0.6 is 0 Å². The summed E-state index contributed by atoms with van der Waals surface area (Å²) in [4.78, 5) is 35.4. The Kier molecular flexibility index (Phi) is 9.64. The first-order chi connectivity index (χ1) is 17.4. The fourth-order valence-corrected chi connectivity index (χ4v) is 3.00. The van der Waals surface area contributed by atoms with Gasteiger partial charge in [0.25, 0.3) is 0 Å². The lowest BCUT2D eigenvalue weighted by Crippen LogP contribution is -2.09. The van der Waals surface area contributed by atoms with E-state index in [4.69, 9.17) is 18.9 Å². The molecule has 8 heteroatoms. The van der Waals surface area contributed by atoms with E-state index in [1.54, 1.807) is 48.5 Å². The predicted octanol–water partition coefficient (Wildman–Crippen LogP) is 4.51. The van der Waals surface area contributed by atoms with Crippen LogP contribution in [0.25, 0.3) is 0 Å². The van der Waals surface area contributed by atoms with E-state index < -0.39 is 17.9 Å². The summed E-state index contributed by atoms with van der Waals surface area (Å²) in [5.74, 6) is -0.399. The van der Waals surface area contributed by atoms with E-state index >= 15 is 0 Å². The van der Waals surface area contributed by atoms with Crippen LogP contribution in [0.4, 0.5) is 0 Å². The molecular formula is C28H26O8. The summed E-state index contributed by atoms with van der Waals surface area (Å²) in [7, 11) is 0. The highest BCUT2D eigenvalue weighted by molar-refractivity contribution is 5.91. The molecule has 0 fully saturated rings. The highest BCUT2D eigenvalue weighted by Crippen LogP contribution is 2.17. The maximum Gasteiger partial charge on any atom is 0.343 e. The van der Waals surface area contributed by atoms with E-state index in [1.807, 2.05) is 0 Å². The summed E-state index contributed by atoms with van der Waals surface area (Å²) in [6, 6.07) is 19.3. The fraction of sp³-hybridized carbons (Fsp3) is 0.179. The second-order valence-electron chi connectivity index (χ2n) is 7.56. The van der Waals surface area contributed by atoms with Gasteiger partial charge in [0.15, 0.2) is 0 Å². The predicted molar refractivity (Wildman–Crippen MR) is 131 cm³/mol. The number of phenolic OH excluding ortho intramolecular Hbond substituents is 1. The number of carbonyl (C=O) groups excluding carboxylic acids is 3. The van der Waals surface area contributed by atoms with Crippen molar-refractivity contribution in [3.05, 3.63) is 102 Å². The molecule has 0 radical (unpaired) electrons. The Morgan fingerprint density at radius 1 is 0.722 bits per heavy atom. The number of benzene rings is 3. The average molecular weight is 491 g/mol. The van der Waals surface area contributed by atoms with Crippen molar-refractivity contribution in [2.24, 2.45) is 0 Å². The molecule has 0 saturated heterocycles. The van der Waals surface area contributed by atoms with Crippen LogP contribution in [0, 0.1) is 0 Å². The molecule has 0 aliphatic rings. The van der Waals surface area contributed by atoms with E-state index in [0.717, 1.165) is 11.6 Å². The minimum absolute atomic E-state index is 0.0695. The van der Waals surface area contributed by atoms with Crippen molar-refractivity contribution in [1.29, 1.82) is 0 Å². The van der Waals surface area contributed by atoms with Gasteiger partial charge in [-0.3, -0.25) is 0 Å². The molecule has 0 amide bonds. The minimum Gasteiger partial charge on any atom is -0.508 e. The molecule has 0 bridgehead atoms. The molecule has 3 rings (SSSR count). The van der Waals surface area contributed by atoms with E-state index in [1.165, 1.54) is 24.3 Å². The lowest BCUT2D eigenvalue weighted by Gasteiger charge is -2.08. The van der Waals surface area contributed by atoms with Crippen molar-refractivity contribution in [2.45, 2.75) is 12.8 Å². The average Bonchev–Trinajstić information content (AvgIpc) is 2.90. The zero-order valence-corrected chi connectivity index (χ0v) is 19.6. The van der Waals surface area contributed by atoms with Crippen LogP contribution in [0.5, 0.6) is 17.2 Å². The van der Waals surface area contributed by atoms with Crippen LogP contribution in [0.3, 0.4) is 0 Å². The zero-order valence-electron chi connectivity index (χ0n) is 19.6. The third kappa shape index (κ3) is 8.32. The number of aromatic hydroxyl groups is 1. The van der Waals surface area contributed by atoms with Gasteiger partial charge in [-0.25, -0.2) is 14.4 Å². The molecule has 186 valence electrons. The molecule has 0 heterocycles. The molecular weight excluding hydrogens is 464 g/mol. The summed E-state index contributed by atoms with van der Waals surface area (Å²) in [6.45, 7) is 4.11. The Balaban J connectivity index is 1.37. The summed E-state index contributed by atoms with van der Waals surface area (Å²) >= 11 is 0. The lowest BCUT2D eigenvalue weighted by molar-refractivity contribution is -0.137. The summed E-state index contributed by atoms with van der Waals surface area (Å²) in [5.41, 5.74) is 1.64. The smallest absolute Gasteiger partial charge is 0.343 e. The molecule has 36 heavy (non-hydrogen) atoms. The highest BCUT2D eigenvalue weighted by atomic mass is 16.5. The fourth-order valence-electron chi connectivity index (χ4n) is 3.00. The lowest BCUT2D eigenvalue weighted by atomic mass is 10.1. The summed E-state index contributed by atoms with van der Waals surface area (Å²) in [5, 5.41) is 9.30. The molecule has 0 atom stereocenters. The molecule has 0 spiro atoms. The normalized spacial score (nSPS) is 10.2. The molecule has 0 aromatic heterocycles.